The maximum Gasteiger partial charge on any atom is 0.518 e. The molecule has 0 amide bonds. The predicted octanol–water partition coefficient (Wildman–Crippen LogP) is 6.38. The van der Waals surface area contributed by atoms with Crippen molar-refractivity contribution in [2.24, 2.45) is 0 Å². The van der Waals surface area contributed by atoms with E-state index < -0.39 is 51.4 Å². The molecule has 0 rings (SSSR count). The molecule has 0 aliphatic carbocycles. The van der Waals surface area contributed by atoms with Crippen LogP contribution in [0, 0.1) is 0 Å². The molecule has 15 heteroatoms. The summed E-state index contributed by atoms with van der Waals surface area (Å²) in [6.07, 6.45) is 1.64. The lowest BCUT2D eigenvalue weighted by Gasteiger charge is -2.45. The van der Waals surface area contributed by atoms with Gasteiger partial charge in [0.05, 0.1) is 5.67 Å². The summed E-state index contributed by atoms with van der Waals surface area (Å²) < 4.78 is 52.2. The minimum Gasteiger partial charge on any atom is -0.437 e. The molecule has 3 unspecified atom stereocenters. The molecule has 0 aromatic carbocycles. The molecular weight excluding hydrogens is 599 g/mol. The molecule has 0 aliphatic heterocycles. The maximum atomic E-state index is 7.01. The SMILES string of the molecule is CCO[Si](C)(O[Si](C)(C)O[Si](C)(C)O[Si](C)(C)O[Si](C)(C)C)C(CC)NC(CC)[Si](OCC)(OCC)OCC. The zero-order valence-corrected chi connectivity index (χ0v) is 34.2. The summed E-state index contributed by atoms with van der Waals surface area (Å²) in [6, 6.07) is 0. The Kier molecular flexibility index (Phi) is 17.1. The van der Waals surface area contributed by atoms with Gasteiger partial charge in [0.1, 0.15) is 0 Å². The highest BCUT2D eigenvalue weighted by Crippen LogP contribution is 2.29. The fourth-order valence-corrected chi connectivity index (χ4v) is 32.2. The highest BCUT2D eigenvalue weighted by Gasteiger charge is 2.54. The molecule has 0 aromatic heterocycles. The third kappa shape index (κ3) is 14.3. The third-order valence-electron chi connectivity index (χ3n) is 5.73. The van der Waals surface area contributed by atoms with Crippen molar-refractivity contribution < 1.29 is 34.2 Å². The molecule has 3 atom stereocenters. The highest BCUT2D eigenvalue weighted by molar-refractivity contribution is 6.90. The average molecular weight is 662 g/mol. The molecule has 0 saturated heterocycles. The summed E-state index contributed by atoms with van der Waals surface area (Å²) in [4.78, 5) is 0. The highest BCUT2D eigenvalue weighted by atomic mass is 28.5. The molecular formula is C24H63NO8Si6. The Bertz CT molecular complexity index is 681. The predicted molar refractivity (Wildman–Crippen MR) is 175 cm³/mol. The van der Waals surface area contributed by atoms with E-state index in [1.165, 1.54) is 0 Å². The van der Waals surface area contributed by atoms with Crippen molar-refractivity contribution in [3.63, 3.8) is 0 Å². The van der Waals surface area contributed by atoms with Crippen molar-refractivity contribution in [2.75, 3.05) is 26.4 Å². The minimum absolute atomic E-state index is 0.0160. The number of hydrogen-bond acceptors (Lipinski definition) is 9. The Morgan fingerprint density at radius 2 is 0.821 bits per heavy atom. The Morgan fingerprint density at radius 3 is 1.15 bits per heavy atom. The molecule has 1 N–H and O–H groups in total. The standard InChI is InChI=1S/C24H63NO8Si6/c1-17-23(25-24(18-2)39(27-20-4,28-21-5)29-22-6)38(16,26-19-3)33-37(14,15)32-36(12,13)31-35(10,11)30-34(7,8)9/h23-25H,17-22H2,1-16H3. The molecule has 0 spiro atoms. The summed E-state index contributed by atoms with van der Waals surface area (Å²) in [6.45, 7) is 35.9. The number of rotatable bonds is 22. The first-order chi connectivity index (χ1) is 17.7. The molecule has 0 bridgehead atoms. The quantitative estimate of drug-likeness (QED) is 0.133. The molecule has 39 heavy (non-hydrogen) atoms. The van der Waals surface area contributed by atoms with Crippen LogP contribution < -0.4 is 5.32 Å². The molecule has 0 radical (unpaired) electrons. The van der Waals surface area contributed by atoms with Gasteiger partial charge in [-0.25, -0.2) is 0 Å². The van der Waals surface area contributed by atoms with Crippen molar-refractivity contribution in [3.05, 3.63) is 0 Å². The van der Waals surface area contributed by atoms with Crippen LogP contribution in [0.15, 0.2) is 0 Å². The second kappa shape index (κ2) is 16.7. The lowest BCUT2D eigenvalue weighted by molar-refractivity contribution is 0.0560. The summed E-state index contributed by atoms with van der Waals surface area (Å²) >= 11 is 0. The normalized spacial score (nSPS) is 17.2. The van der Waals surface area contributed by atoms with E-state index in [4.69, 9.17) is 34.2 Å². The van der Waals surface area contributed by atoms with E-state index in [2.05, 4.69) is 84.6 Å². The van der Waals surface area contributed by atoms with Crippen LogP contribution in [-0.4, -0.2) is 89.1 Å². The summed E-state index contributed by atoms with van der Waals surface area (Å²) in [5.41, 5.74) is -0.0960. The minimum atomic E-state index is -2.99. The van der Waals surface area contributed by atoms with Crippen LogP contribution in [0.2, 0.25) is 65.5 Å². The van der Waals surface area contributed by atoms with Gasteiger partial charge in [0.2, 0.25) is 0 Å². The zero-order valence-electron chi connectivity index (χ0n) is 28.2. The monoisotopic (exact) mass is 661 g/mol. The Balaban J connectivity index is 6.06. The molecule has 9 nitrogen and oxygen atoms in total. The van der Waals surface area contributed by atoms with Crippen LogP contribution in [0.4, 0.5) is 0 Å². The molecule has 0 fully saturated rings. The van der Waals surface area contributed by atoms with Crippen LogP contribution in [0.3, 0.4) is 0 Å². The fourth-order valence-electron chi connectivity index (χ4n) is 5.34. The summed E-state index contributed by atoms with van der Waals surface area (Å²) in [7, 11) is -15.1. The van der Waals surface area contributed by atoms with Crippen LogP contribution in [0.5, 0.6) is 0 Å². The fraction of sp³-hybridized carbons (Fsp3) is 1.00. The Morgan fingerprint density at radius 1 is 0.462 bits per heavy atom. The first-order valence-corrected chi connectivity index (χ1v) is 30.9. The van der Waals surface area contributed by atoms with E-state index >= 15 is 0 Å². The van der Waals surface area contributed by atoms with Crippen LogP contribution >= 0.6 is 0 Å². The van der Waals surface area contributed by atoms with Crippen LogP contribution in [0.25, 0.3) is 0 Å². The topological polar surface area (TPSA) is 85.9 Å². The van der Waals surface area contributed by atoms with Gasteiger partial charge in [0.25, 0.3) is 0 Å². The van der Waals surface area contributed by atoms with Gasteiger partial charge in [-0.3, -0.25) is 0 Å². The van der Waals surface area contributed by atoms with E-state index in [0.717, 1.165) is 12.8 Å². The molecule has 0 saturated carbocycles. The average Bonchev–Trinajstić information content (AvgIpc) is 2.70. The van der Waals surface area contributed by atoms with Gasteiger partial charge in [-0.2, -0.15) is 0 Å². The third-order valence-corrected chi connectivity index (χ3v) is 27.8. The number of hydrogen-bond donors (Lipinski definition) is 1. The van der Waals surface area contributed by atoms with E-state index in [-0.39, 0.29) is 11.3 Å². The van der Waals surface area contributed by atoms with Gasteiger partial charge in [0, 0.05) is 32.1 Å². The Labute approximate surface area is 247 Å². The first kappa shape index (κ1) is 39.9. The molecule has 0 aliphatic rings. The van der Waals surface area contributed by atoms with E-state index in [1.54, 1.807) is 0 Å². The summed E-state index contributed by atoms with van der Waals surface area (Å²) in [5, 5.41) is 3.86. The largest absolute Gasteiger partial charge is 0.518 e. The first-order valence-electron chi connectivity index (χ1n) is 14.8. The van der Waals surface area contributed by atoms with E-state index in [0.29, 0.717) is 26.4 Å². The van der Waals surface area contributed by atoms with Crippen LogP contribution in [0.1, 0.15) is 54.4 Å². The molecule has 0 aromatic rings. The van der Waals surface area contributed by atoms with Gasteiger partial charge in [-0.15, -0.1) is 0 Å². The van der Waals surface area contributed by atoms with Gasteiger partial charge in [-0.1, -0.05) is 13.8 Å². The van der Waals surface area contributed by atoms with Crippen molar-refractivity contribution in [2.45, 2.75) is 131 Å². The molecule has 236 valence electrons. The Hall–Kier alpha value is 0.941. The summed E-state index contributed by atoms with van der Waals surface area (Å²) in [5.74, 6) is 0. The van der Waals surface area contributed by atoms with E-state index in [9.17, 15) is 0 Å². The number of nitrogens with one attached hydrogen (secondary N) is 1. The van der Waals surface area contributed by atoms with Crippen LogP contribution in [-0.2, 0) is 34.2 Å². The zero-order chi connectivity index (χ0) is 30.8. The smallest absolute Gasteiger partial charge is 0.437 e. The molecule has 0 heterocycles. The lowest BCUT2D eigenvalue weighted by atomic mass is 10.4. The second-order valence-corrected chi connectivity index (χ2v) is 33.8. The van der Waals surface area contributed by atoms with Crippen molar-refractivity contribution >= 4 is 51.4 Å². The van der Waals surface area contributed by atoms with Gasteiger partial charge < -0.3 is 39.5 Å². The maximum absolute atomic E-state index is 7.01. The van der Waals surface area contributed by atoms with Crippen molar-refractivity contribution in [3.8, 4) is 0 Å². The van der Waals surface area contributed by atoms with Crippen molar-refractivity contribution in [1.29, 1.82) is 0 Å². The van der Waals surface area contributed by atoms with Gasteiger partial charge in [0.15, 0.2) is 8.32 Å². The lowest BCUT2D eigenvalue weighted by Crippen LogP contribution is -2.70. The van der Waals surface area contributed by atoms with Gasteiger partial charge in [-0.05, 0) is 106 Å². The van der Waals surface area contributed by atoms with Crippen molar-refractivity contribution in [1.82, 2.24) is 5.32 Å². The second-order valence-electron chi connectivity index (χ2n) is 12.2. The van der Waals surface area contributed by atoms with Gasteiger partial charge >= 0.3 is 43.0 Å². The van der Waals surface area contributed by atoms with E-state index in [1.807, 2.05) is 27.7 Å².